The Kier molecular flexibility index (Phi) is 8.75. The van der Waals surface area contributed by atoms with Crippen LogP contribution in [-0.4, -0.2) is 65.2 Å². The number of nitrogens with zero attached hydrogens (tertiary/aromatic N) is 1. The summed E-state index contributed by atoms with van der Waals surface area (Å²) < 4.78 is 38.6. The van der Waals surface area contributed by atoms with E-state index in [1.807, 2.05) is 0 Å². The van der Waals surface area contributed by atoms with E-state index < -0.39 is 10.0 Å². The summed E-state index contributed by atoms with van der Waals surface area (Å²) in [6.07, 6.45) is 0.859. The number of aryl methyl sites for hydroxylation is 1. The summed E-state index contributed by atoms with van der Waals surface area (Å²) in [4.78, 5) is 14.5. The maximum absolute atomic E-state index is 12.6. The molecule has 0 unspecified atom stereocenters. The minimum absolute atomic E-state index is 0.102. The Morgan fingerprint density at radius 3 is 2.56 bits per heavy atom. The number of morpholine rings is 1. The van der Waals surface area contributed by atoms with E-state index in [4.69, 9.17) is 21.1 Å². The summed E-state index contributed by atoms with van der Waals surface area (Å²) in [7, 11) is -3.76. The van der Waals surface area contributed by atoms with E-state index in [1.165, 1.54) is 12.1 Å². The van der Waals surface area contributed by atoms with Crippen LogP contribution in [-0.2, 0) is 19.6 Å². The molecule has 0 aromatic heterocycles. The van der Waals surface area contributed by atoms with Crippen LogP contribution in [0.1, 0.15) is 12.0 Å². The van der Waals surface area contributed by atoms with Crippen molar-refractivity contribution in [2.45, 2.75) is 18.2 Å². The predicted octanol–water partition coefficient (Wildman–Crippen LogP) is 2.67. The number of rotatable bonds is 10. The lowest BCUT2D eigenvalue weighted by Crippen LogP contribution is -2.38. The Hall–Kier alpha value is -2.33. The van der Waals surface area contributed by atoms with E-state index in [2.05, 4.69) is 14.9 Å². The first-order valence-electron chi connectivity index (χ1n) is 10.4. The van der Waals surface area contributed by atoms with Gasteiger partial charge in [0.15, 0.2) is 6.61 Å². The number of hydrogen-bond acceptors (Lipinski definition) is 6. The first kappa shape index (κ1) is 24.3. The second-order valence-electron chi connectivity index (χ2n) is 7.49. The highest BCUT2D eigenvalue weighted by Crippen LogP contribution is 2.24. The van der Waals surface area contributed by atoms with Crippen LogP contribution in [0.4, 0.5) is 5.69 Å². The number of hydrogen-bond donors (Lipinski definition) is 2. The average molecular weight is 482 g/mol. The number of sulfonamides is 1. The Morgan fingerprint density at radius 1 is 1.16 bits per heavy atom. The maximum Gasteiger partial charge on any atom is 0.261 e. The third-order valence-corrected chi connectivity index (χ3v) is 6.62. The number of anilines is 1. The molecule has 1 amide bonds. The molecule has 10 heteroatoms. The van der Waals surface area contributed by atoms with Crippen LogP contribution in [0.5, 0.6) is 5.75 Å². The van der Waals surface area contributed by atoms with Crippen LogP contribution in [0.15, 0.2) is 47.4 Å². The molecular formula is C22H28ClN3O5S. The van der Waals surface area contributed by atoms with Crippen LogP contribution < -0.4 is 14.8 Å². The van der Waals surface area contributed by atoms with Crippen LogP contribution in [0.2, 0.25) is 5.02 Å². The number of carbonyl (C=O) groups excluding carboxylic acids is 1. The van der Waals surface area contributed by atoms with Crippen molar-refractivity contribution in [3.05, 3.63) is 53.1 Å². The zero-order valence-electron chi connectivity index (χ0n) is 18.0. The van der Waals surface area contributed by atoms with Crippen molar-refractivity contribution < 1.29 is 22.7 Å². The molecule has 0 aliphatic carbocycles. The van der Waals surface area contributed by atoms with Crippen molar-refractivity contribution in [2.75, 3.05) is 50.7 Å². The summed E-state index contributed by atoms with van der Waals surface area (Å²) in [5.41, 5.74) is 1.03. The molecule has 2 aromatic carbocycles. The Bertz CT molecular complexity index is 1010. The lowest BCUT2D eigenvalue weighted by atomic mass is 10.2. The van der Waals surface area contributed by atoms with Gasteiger partial charge in [-0.2, -0.15) is 0 Å². The summed E-state index contributed by atoms with van der Waals surface area (Å²) in [5.74, 6) is 0.242. The fraction of sp³-hybridized carbons (Fsp3) is 0.409. The highest BCUT2D eigenvalue weighted by molar-refractivity contribution is 7.92. The van der Waals surface area contributed by atoms with Gasteiger partial charge in [0.05, 0.1) is 18.1 Å². The second kappa shape index (κ2) is 11.5. The maximum atomic E-state index is 12.6. The number of carbonyl (C=O) groups is 1. The Morgan fingerprint density at radius 2 is 1.88 bits per heavy atom. The van der Waals surface area contributed by atoms with Gasteiger partial charge in [0.2, 0.25) is 0 Å². The van der Waals surface area contributed by atoms with Crippen molar-refractivity contribution >= 4 is 33.2 Å². The van der Waals surface area contributed by atoms with Gasteiger partial charge in [-0.15, -0.1) is 0 Å². The molecule has 0 spiro atoms. The van der Waals surface area contributed by atoms with Crippen LogP contribution >= 0.6 is 11.6 Å². The topological polar surface area (TPSA) is 97.0 Å². The highest BCUT2D eigenvalue weighted by atomic mass is 35.5. The van der Waals surface area contributed by atoms with Crippen molar-refractivity contribution in [1.29, 1.82) is 0 Å². The molecule has 32 heavy (non-hydrogen) atoms. The molecule has 8 nitrogen and oxygen atoms in total. The van der Waals surface area contributed by atoms with Crippen molar-refractivity contribution in [3.63, 3.8) is 0 Å². The van der Waals surface area contributed by atoms with Gasteiger partial charge < -0.3 is 14.8 Å². The minimum atomic E-state index is -3.76. The highest BCUT2D eigenvalue weighted by Gasteiger charge is 2.16. The van der Waals surface area contributed by atoms with Gasteiger partial charge in [-0.1, -0.05) is 11.6 Å². The summed E-state index contributed by atoms with van der Waals surface area (Å²) in [5, 5.41) is 3.36. The van der Waals surface area contributed by atoms with Gasteiger partial charge >= 0.3 is 0 Å². The number of ether oxygens (including phenoxy) is 2. The SMILES string of the molecule is Cc1cc(S(=O)(=O)Nc2ccc(Cl)cc2)ccc1OCC(=O)NCCCN1CCOCC1. The minimum Gasteiger partial charge on any atom is -0.484 e. The van der Waals surface area contributed by atoms with Gasteiger partial charge in [0.1, 0.15) is 5.75 Å². The molecule has 174 valence electrons. The lowest BCUT2D eigenvalue weighted by Gasteiger charge is -2.26. The first-order chi connectivity index (χ1) is 15.3. The average Bonchev–Trinajstić information content (AvgIpc) is 2.78. The molecule has 0 atom stereocenters. The molecule has 2 N–H and O–H groups in total. The zero-order chi connectivity index (χ0) is 23.0. The zero-order valence-corrected chi connectivity index (χ0v) is 19.5. The predicted molar refractivity (Wildman–Crippen MR) is 124 cm³/mol. The van der Waals surface area contributed by atoms with Gasteiger partial charge in [0.25, 0.3) is 15.9 Å². The van der Waals surface area contributed by atoms with Crippen molar-refractivity contribution in [3.8, 4) is 5.75 Å². The molecule has 0 radical (unpaired) electrons. The van der Waals surface area contributed by atoms with E-state index in [0.29, 0.717) is 28.6 Å². The Labute approximate surface area is 193 Å². The third kappa shape index (κ3) is 7.37. The summed E-state index contributed by atoms with van der Waals surface area (Å²) in [6, 6.07) is 10.9. The molecule has 1 aliphatic heterocycles. The lowest BCUT2D eigenvalue weighted by molar-refractivity contribution is -0.123. The molecule has 0 bridgehead atoms. The number of halogens is 1. The molecule has 1 saturated heterocycles. The molecule has 2 aromatic rings. The van der Waals surface area contributed by atoms with Gasteiger partial charge in [-0.25, -0.2) is 8.42 Å². The first-order valence-corrected chi connectivity index (χ1v) is 12.3. The van der Waals surface area contributed by atoms with Gasteiger partial charge in [0, 0.05) is 30.3 Å². The third-order valence-electron chi connectivity index (χ3n) is 4.99. The number of amides is 1. The summed E-state index contributed by atoms with van der Waals surface area (Å²) in [6.45, 7) is 6.47. The second-order valence-corrected chi connectivity index (χ2v) is 9.60. The number of benzene rings is 2. The van der Waals surface area contributed by atoms with Gasteiger partial charge in [-0.3, -0.25) is 14.4 Å². The molecular weight excluding hydrogens is 454 g/mol. The molecule has 1 aliphatic rings. The monoisotopic (exact) mass is 481 g/mol. The molecule has 3 rings (SSSR count). The standard InChI is InChI=1S/C22H28ClN3O5S/c1-17-15-20(32(28,29)25-19-5-3-18(23)4-6-19)7-8-21(17)31-16-22(27)24-9-2-10-26-11-13-30-14-12-26/h3-8,15,25H,2,9-14,16H2,1H3,(H,24,27). The molecule has 1 heterocycles. The van der Waals surface area contributed by atoms with E-state index >= 15 is 0 Å². The van der Waals surface area contributed by atoms with Crippen LogP contribution in [0, 0.1) is 6.92 Å². The van der Waals surface area contributed by atoms with E-state index in [0.717, 1.165) is 39.3 Å². The van der Waals surface area contributed by atoms with E-state index in [9.17, 15) is 13.2 Å². The van der Waals surface area contributed by atoms with Crippen molar-refractivity contribution in [2.24, 2.45) is 0 Å². The molecule has 0 saturated carbocycles. The van der Waals surface area contributed by atoms with E-state index in [1.54, 1.807) is 37.3 Å². The molecule has 1 fully saturated rings. The normalized spacial score (nSPS) is 14.7. The van der Waals surface area contributed by atoms with Crippen LogP contribution in [0.25, 0.3) is 0 Å². The fourth-order valence-corrected chi connectivity index (χ4v) is 4.50. The smallest absolute Gasteiger partial charge is 0.261 e. The van der Waals surface area contributed by atoms with Crippen LogP contribution in [0.3, 0.4) is 0 Å². The summed E-state index contributed by atoms with van der Waals surface area (Å²) >= 11 is 5.83. The van der Waals surface area contributed by atoms with Gasteiger partial charge in [-0.05, 0) is 67.9 Å². The largest absolute Gasteiger partial charge is 0.484 e. The van der Waals surface area contributed by atoms with Crippen molar-refractivity contribution in [1.82, 2.24) is 10.2 Å². The number of nitrogens with one attached hydrogen (secondary N) is 2. The quantitative estimate of drug-likeness (QED) is 0.506. The fourth-order valence-electron chi connectivity index (χ4n) is 3.23. The Balaban J connectivity index is 1.46. The van der Waals surface area contributed by atoms with E-state index in [-0.39, 0.29) is 17.4 Å².